The summed E-state index contributed by atoms with van der Waals surface area (Å²) in [7, 11) is 2.05. The fourth-order valence-corrected chi connectivity index (χ4v) is 5.09. The molecule has 28 heavy (non-hydrogen) atoms. The average molecular weight is 426 g/mol. The van der Waals surface area contributed by atoms with Crippen molar-refractivity contribution in [3.8, 4) is 0 Å². The van der Waals surface area contributed by atoms with E-state index in [1.807, 2.05) is 0 Å². The van der Waals surface area contributed by atoms with Gasteiger partial charge in [-0.3, -0.25) is 4.79 Å². The molecule has 1 aliphatic heterocycles. The Morgan fingerprint density at radius 2 is 2.11 bits per heavy atom. The molecular formula is C18H17F3N4OS2. The van der Waals surface area contributed by atoms with Gasteiger partial charge in [-0.15, -0.1) is 22.7 Å². The largest absolute Gasteiger partial charge is 0.416 e. The molecule has 3 heterocycles. The van der Waals surface area contributed by atoms with E-state index in [9.17, 15) is 18.0 Å². The fraction of sp³-hybridized carbons (Fsp3) is 0.389. The molecule has 1 N–H and O–H groups in total. The van der Waals surface area contributed by atoms with E-state index in [2.05, 4.69) is 27.2 Å². The van der Waals surface area contributed by atoms with Crippen LogP contribution in [-0.2, 0) is 30.4 Å². The molecule has 1 aromatic carbocycles. The summed E-state index contributed by atoms with van der Waals surface area (Å²) in [4.78, 5) is 24.4. The maximum atomic E-state index is 12.8. The maximum absolute atomic E-state index is 12.8. The Morgan fingerprint density at radius 1 is 1.29 bits per heavy atom. The number of aromatic nitrogens is 2. The van der Waals surface area contributed by atoms with Crippen molar-refractivity contribution >= 4 is 43.9 Å². The first-order valence-electron chi connectivity index (χ1n) is 8.71. The second kappa shape index (κ2) is 7.41. The number of alkyl halides is 3. The highest BCUT2D eigenvalue weighted by Gasteiger charge is 2.30. The van der Waals surface area contributed by atoms with Gasteiger partial charge in [-0.25, -0.2) is 9.97 Å². The summed E-state index contributed by atoms with van der Waals surface area (Å²) < 4.78 is 39.1. The molecule has 5 nitrogen and oxygen atoms in total. The van der Waals surface area contributed by atoms with E-state index >= 15 is 0 Å². The highest BCUT2D eigenvalue weighted by Crippen LogP contribution is 2.33. The van der Waals surface area contributed by atoms with Crippen molar-refractivity contribution in [3.63, 3.8) is 0 Å². The number of hydrogen-bond acceptors (Lipinski definition) is 6. The molecule has 0 saturated heterocycles. The van der Waals surface area contributed by atoms with Gasteiger partial charge in [0.15, 0.2) is 5.13 Å². The van der Waals surface area contributed by atoms with E-state index in [0.717, 1.165) is 37.3 Å². The molecule has 0 aliphatic carbocycles. The topological polar surface area (TPSA) is 58.1 Å². The normalized spacial score (nSPS) is 15.0. The van der Waals surface area contributed by atoms with Crippen LogP contribution >= 0.6 is 22.7 Å². The van der Waals surface area contributed by atoms with E-state index in [1.54, 1.807) is 0 Å². The van der Waals surface area contributed by atoms with Gasteiger partial charge in [0.2, 0.25) is 5.91 Å². The van der Waals surface area contributed by atoms with Crippen LogP contribution in [0, 0.1) is 0 Å². The van der Waals surface area contributed by atoms with Crippen molar-refractivity contribution < 1.29 is 18.0 Å². The molecule has 3 aromatic rings. The van der Waals surface area contributed by atoms with Crippen LogP contribution in [0.1, 0.15) is 27.6 Å². The van der Waals surface area contributed by atoms with Gasteiger partial charge in [-0.05, 0) is 25.2 Å². The summed E-state index contributed by atoms with van der Waals surface area (Å²) in [6, 6.07) is 3.53. The number of fused-ring (bicyclic) bond motifs is 2. The van der Waals surface area contributed by atoms with Crippen molar-refractivity contribution in [3.05, 3.63) is 39.3 Å². The van der Waals surface area contributed by atoms with E-state index < -0.39 is 11.7 Å². The number of thiazole rings is 2. The zero-order valence-corrected chi connectivity index (χ0v) is 16.6. The third-order valence-electron chi connectivity index (χ3n) is 4.49. The predicted octanol–water partition coefficient (Wildman–Crippen LogP) is 4.33. The first-order chi connectivity index (χ1) is 13.3. The molecule has 10 heteroatoms. The molecule has 0 saturated carbocycles. The van der Waals surface area contributed by atoms with Gasteiger partial charge < -0.3 is 10.2 Å². The van der Waals surface area contributed by atoms with Crippen LogP contribution in [0.25, 0.3) is 10.2 Å². The number of amides is 1. The number of rotatable bonds is 4. The standard InChI is InChI=1S/C18H17F3N4OS2/c1-25-7-6-11-14(9-25)28-17(23-11)24-15(26)4-5-16-22-12-8-10(18(19,20)21)2-3-13(12)27-16/h2-3,8H,4-7,9H2,1H3,(H,23,24,26). The SMILES string of the molecule is CN1CCc2nc(NC(=O)CCc3nc4cc(C(F)(F)F)ccc4s3)sc2C1. The molecule has 0 radical (unpaired) electrons. The molecule has 0 unspecified atom stereocenters. The smallest absolute Gasteiger partial charge is 0.302 e. The number of likely N-dealkylation sites (N-methyl/N-ethyl adjacent to an activating group) is 1. The monoisotopic (exact) mass is 426 g/mol. The van der Waals surface area contributed by atoms with Gasteiger partial charge in [0.25, 0.3) is 0 Å². The minimum absolute atomic E-state index is 0.172. The van der Waals surface area contributed by atoms with Crippen molar-refractivity contribution in [2.75, 3.05) is 18.9 Å². The average Bonchev–Trinajstić information content (AvgIpc) is 3.20. The Kier molecular flexibility index (Phi) is 5.11. The summed E-state index contributed by atoms with van der Waals surface area (Å²) in [6.07, 6.45) is -2.93. The highest BCUT2D eigenvalue weighted by atomic mass is 32.1. The van der Waals surface area contributed by atoms with Gasteiger partial charge in [0.1, 0.15) is 0 Å². The van der Waals surface area contributed by atoms with Gasteiger partial charge in [0.05, 0.1) is 26.5 Å². The van der Waals surface area contributed by atoms with Gasteiger partial charge in [-0.2, -0.15) is 13.2 Å². The summed E-state index contributed by atoms with van der Waals surface area (Å²) in [5, 5.41) is 4.07. The summed E-state index contributed by atoms with van der Waals surface area (Å²) in [5.41, 5.74) is 0.643. The Morgan fingerprint density at radius 3 is 2.89 bits per heavy atom. The molecule has 1 aliphatic rings. The minimum Gasteiger partial charge on any atom is -0.302 e. The quantitative estimate of drug-likeness (QED) is 0.675. The maximum Gasteiger partial charge on any atom is 0.416 e. The van der Waals surface area contributed by atoms with E-state index in [4.69, 9.17) is 0 Å². The van der Waals surface area contributed by atoms with Crippen LogP contribution in [-0.4, -0.2) is 34.4 Å². The van der Waals surface area contributed by atoms with Crippen LogP contribution < -0.4 is 5.32 Å². The van der Waals surface area contributed by atoms with Crippen molar-refractivity contribution in [2.45, 2.75) is 32.0 Å². The second-order valence-electron chi connectivity index (χ2n) is 6.71. The number of hydrogen-bond donors (Lipinski definition) is 1. The Balaban J connectivity index is 1.38. The fourth-order valence-electron chi connectivity index (χ4n) is 3.04. The summed E-state index contributed by atoms with van der Waals surface area (Å²) >= 11 is 2.80. The first kappa shape index (κ1) is 19.3. The highest BCUT2D eigenvalue weighted by molar-refractivity contribution is 7.18. The number of carbonyl (C=O) groups is 1. The lowest BCUT2D eigenvalue weighted by Crippen LogP contribution is -2.25. The zero-order chi connectivity index (χ0) is 19.9. The number of nitrogens with one attached hydrogen (secondary N) is 1. The number of nitrogens with zero attached hydrogens (tertiary/aromatic N) is 3. The minimum atomic E-state index is -4.39. The van der Waals surface area contributed by atoms with E-state index in [-0.39, 0.29) is 12.3 Å². The van der Waals surface area contributed by atoms with Gasteiger partial charge in [-0.1, -0.05) is 0 Å². The lowest BCUT2D eigenvalue weighted by Gasteiger charge is -2.20. The Hall–Kier alpha value is -2.04. The predicted molar refractivity (Wildman–Crippen MR) is 104 cm³/mol. The molecule has 0 spiro atoms. The summed E-state index contributed by atoms with van der Waals surface area (Å²) in [5.74, 6) is -0.172. The van der Waals surface area contributed by atoms with Gasteiger partial charge in [0, 0.05) is 37.2 Å². The van der Waals surface area contributed by atoms with Crippen molar-refractivity contribution in [1.82, 2.24) is 14.9 Å². The third kappa shape index (κ3) is 4.18. The summed E-state index contributed by atoms with van der Waals surface area (Å²) in [6.45, 7) is 1.80. The zero-order valence-electron chi connectivity index (χ0n) is 15.0. The Bertz CT molecular complexity index is 1030. The molecule has 1 amide bonds. The van der Waals surface area contributed by atoms with Crippen LogP contribution in [0.4, 0.5) is 18.3 Å². The molecule has 0 bridgehead atoms. The van der Waals surface area contributed by atoms with E-state index in [1.165, 1.54) is 33.6 Å². The van der Waals surface area contributed by atoms with Crippen molar-refractivity contribution in [2.24, 2.45) is 0 Å². The van der Waals surface area contributed by atoms with Gasteiger partial charge >= 0.3 is 6.18 Å². The third-order valence-corrected chi connectivity index (χ3v) is 6.59. The van der Waals surface area contributed by atoms with Crippen LogP contribution in [0.2, 0.25) is 0 Å². The molecule has 0 fully saturated rings. The molecule has 4 rings (SSSR count). The number of aryl methyl sites for hydroxylation is 1. The number of carbonyl (C=O) groups excluding carboxylic acids is 1. The van der Waals surface area contributed by atoms with Crippen LogP contribution in [0.15, 0.2) is 18.2 Å². The molecule has 2 aromatic heterocycles. The molecular weight excluding hydrogens is 409 g/mol. The lowest BCUT2D eigenvalue weighted by atomic mass is 10.2. The van der Waals surface area contributed by atoms with Crippen LogP contribution in [0.3, 0.4) is 0 Å². The number of anilines is 1. The van der Waals surface area contributed by atoms with Crippen LogP contribution in [0.5, 0.6) is 0 Å². The second-order valence-corrected chi connectivity index (χ2v) is 8.91. The van der Waals surface area contributed by atoms with Crippen molar-refractivity contribution in [1.29, 1.82) is 0 Å². The molecule has 148 valence electrons. The number of benzene rings is 1. The lowest BCUT2D eigenvalue weighted by molar-refractivity contribution is -0.137. The molecule has 0 atom stereocenters. The first-order valence-corrected chi connectivity index (χ1v) is 10.3. The number of halogens is 3. The Labute approximate surface area is 167 Å². The van der Waals surface area contributed by atoms with E-state index in [0.29, 0.717) is 26.8 Å².